The highest BCUT2D eigenvalue weighted by Crippen LogP contribution is 2.18. The van der Waals surface area contributed by atoms with E-state index in [1.807, 2.05) is 13.8 Å². The van der Waals surface area contributed by atoms with Crippen molar-refractivity contribution in [3.05, 3.63) is 11.7 Å². The highest BCUT2D eigenvalue weighted by molar-refractivity contribution is 5.96. The van der Waals surface area contributed by atoms with Gasteiger partial charge in [-0.3, -0.25) is 9.59 Å². The summed E-state index contributed by atoms with van der Waals surface area (Å²) >= 11 is 0. The molecule has 0 spiro atoms. The third-order valence-corrected chi connectivity index (χ3v) is 4.05. The van der Waals surface area contributed by atoms with Crippen LogP contribution in [0.25, 0.3) is 0 Å². The van der Waals surface area contributed by atoms with Crippen molar-refractivity contribution < 1.29 is 14.1 Å². The van der Waals surface area contributed by atoms with Gasteiger partial charge >= 0.3 is 0 Å². The van der Waals surface area contributed by atoms with Crippen LogP contribution in [0.4, 0.5) is 0 Å². The Morgan fingerprint density at radius 3 is 2.71 bits per heavy atom. The molecule has 1 aromatic rings. The third-order valence-electron chi connectivity index (χ3n) is 4.05. The Morgan fingerprint density at radius 1 is 1.43 bits per heavy atom. The number of piperazine rings is 1. The summed E-state index contributed by atoms with van der Waals surface area (Å²) in [6.45, 7) is 7.85. The topological polar surface area (TPSA) is 88.3 Å². The molecule has 3 atom stereocenters. The van der Waals surface area contributed by atoms with Gasteiger partial charge in [-0.2, -0.15) is 4.98 Å². The average molecular weight is 294 g/mol. The van der Waals surface area contributed by atoms with Gasteiger partial charge < -0.3 is 14.7 Å². The van der Waals surface area contributed by atoms with Gasteiger partial charge in [0, 0.05) is 19.9 Å². The molecule has 0 aromatic carbocycles. The maximum absolute atomic E-state index is 12.6. The van der Waals surface area contributed by atoms with Crippen LogP contribution in [0.15, 0.2) is 4.52 Å². The van der Waals surface area contributed by atoms with E-state index in [9.17, 15) is 9.59 Å². The smallest absolute Gasteiger partial charge is 0.246 e. The molecular formula is C14H22N4O3. The fourth-order valence-electron chi connectivity index (χ4n) is 2.44. The second-order valence-corrected chi connectivity index (χ2v) is 5.56. The molecule has 7 heteroatoms. The minimum Gasteiger partial charge on any atom is -0.342 e. The fraction of sp³-hybridized carbons (Fsp3) is 0.714. The second kappa shape index (κ2) is 6.24. The normalized spacial score (nSPS) is 24.1. The molecule has 0 radical (unpaired) electrons. The van der Waals surface area contributed by atoms with Crippen molar-refractivity contribution in [2.24, 2.45) is 5.92 Å². The second-order valence-electron chi connectivity index (χ2n) is 5.56. The molecule has 3 unspecified atom stereocenters. The lowest BCUT2D eigenvalue weighted by atomic mass is 9.94. The first kappa shape index (κ1) is 15.5. The molecule has 1 aliphatic heterocycles. The quantitative estimate of drug-likeness (QED) is 0.863. The van der Waals surface area contributed by atoms with Gasteiger partial charge in [-0.1, -0.05) is 25.4 Å². The molecule has 0 aliphatic carbocycles. The molecule has 1 saturated heterocycles. The lowest BCUT2D eigenvalue weighted by molar-refractivity contribution is -0.150. The van der Waals surface area contributed by atoms with Crippen LogP contribution in [-0.2, 0) is 16.0 Å². The molecule has 2 amide bonds. The van der Waals surface area contributed by atoms with E-state index in [1.165, 1.54) is 0 Å². The number of carbonyl (C=O) groups is 2. The summed E-state index contributed by atoms with van der Waals surface area (Å²) in [6, 6.07) is -0.906. The summed E-state index contributed by atoms with van der Waals surface area (Å²) in [5, 5.41) is 6.63. The van der Waals surface area contributed by atoms with Gasteiger partial charge in [0.25, 0.3) is 0 Å². The van der Waals surface area contributed by atoms with Gasteiger partial charge in [0.2, 0.25) is 17.7 Å². The molecule has 21 heavy (non-hydrogen) atoms. The van der Waals surface area contributed by atoms with E-state index in [4.69, 9.17) is 4.52 Å². The van der Waals surface area contributed by atoms with Crippen LogP contribution >= 0.6 is 0 Å². The highest BCUT2D eigenvalue weighted by Gasteiger charge is 2.39. The van der Waals surface area contributed by atoms with Gasteiger partial charge in [0.05, 0.1) is 0 Å². The van der Waals surface area contributed by atoms with Crippen LogP contribution in [-0.4, -0.2) is 45.5 Å². The van der Waals surface area contributed by atoms with Crippen LogP contribution in [0.2, 0.25) is 0 Å². The van der Waals surface area contributed by atoms with Gasteiger partial charge in [-0.15, -0.1) is 0 Å². The summed E-state index contributed by atoms with van der Waals surface area (Å²) in [4.78, 5) is 30.3. The zero-order chi connectivity index (χ0) is 15.6. The van der Waals surface area contributed by atoms with Gasteiger partial charge in [-0.25, -0.2) is 0 Å². The first-order chi connectivity index (χ1) is 9.93. The molecular weight excluding hydrogens is 272 g/mol. The summed E-state index contributed by atoms with van der Waals surface area (Å²) < 4.78 is 4.91. The lowest BCUT2D eigenvalue weighted by Gasteiger charge is -2.39. The Labute approximate surface area is 124 Å². The first-order valence-corrected chi connectivity index (χ1v) is 7.34. The maximum atomic E-state index is 12.6. The highest BCUT2D eigenvalue weighted by atomic mass is 16.5. The number of nitrogens with zero attached hydrogens (tertiary/aromatic N) is 3. The minimum absolute atomic E-state index is 0.0309. The summed E-state index contributed by atoms with van der Waals surface area (Å²) in [7, 11) is 0. The predicted octanol–water partition coefficient (Wildman–Crippen LogP) is 0.682. The fourth-order valence-corrected chi connectivity index (χ4v) is 2.44. The average Bonchev–Trinajstić information content (AvgIpc) is 2.87. The third kappa shape index (κ3) is 3.22. The SMILES string of the molecule is CCC(C)C1NC(=O)C(C)N(CCc2noc(C)n2)C1=O. The van der Waals surface area contributed by atoms with E-state index < -0.39 is 12.1 Å². The number of aromatic nitrogens is 2. The zero-order valence-electron chi connectivity index (χ0n) is 12.9. The zero-order valence-corrected chi connectivity index (χ0v) is 12.9. The Morgan fingerprint density at radius 2 is 2.14 bits per heavy atom. The monoisotopic (exact) mass is 294 g/mol. The van der Waals surface area contributed by atoms with Crippen LogP contribution in [0.5, 0.6) is 0 Å². The van der Waals surface area contributed by atoms with E-state index in [-0.39, 0.29) is 17.7 Å². The first-order valence-electron chi connectivity index (χ1n) is 7.34. The summed E-state index contributed by atoms with van der Waals surface area (Å²) in [5.41, 5.74) is 0. The number of nitrogens with one attached hydrogen (secondary N) is 1. The molecule has 1 aliphatic rings. The van der Waals surface area contributed by atoms with Crippen molar-refractivity contribution in [2.75, 3.05) is 6.54 Å². The minimum atomic E-state index is -0.467. The molecule has 1 aromatic heterocycles. The van der Waals surface area contributed by atoms with Gasteiger partial charge in [0.15, 0.2) is 5.82 Å². The molecule has 0 saturated carbocycles. The Bertz CT molecular complexity index is 528. The number of carbonyl (C=O) groups excluding carboxylic acids is 2. The maximum Gasteiger partial charge on any atom is 0.246 e. The largest absolute Gasteiger partial charge is 0.342 e. The van der Waals surface area contributed by atoms with Crippen LogP contribution in [0, 0.1) is 12.8 Å². The Balaban J connectivity index is 2.07. The van der Waals surface area contributed by atoms with Gasteiger partial charge in [0.1, 0.15) is 12.1 Å². The number of amides is 2. The molecule has 1 fully saturated rings. The van der Waals surface area contributed by atoms with E-state index in [1.54, 1.807) is 18.7 Å². The van der Waals surface area contributed by atoms with Gasteiger partial charge in [-0.05, 0) is 12.8 Å². The van der Waals surface area contributed by atoms with E-state index in [0.717, 1.165) is 6.42 Å². The Kier molecular flexibility index (Phi) is 4.59. The molecule has 7 nitrogen and oxygen atoms in total. The summed E-state index contributed by atoms with van der Waals surface area (Å²) in [6.07, 6.45) is 1.32. The molecule has 2 heterocycles. The van der Waals surface area contributed by atoms with E-state index in [0.29, 0.717) is 24.7 Å². The standard InChI is InChI=1S/C14H22N4O3/c1-5-8(2)12-14(20)18(9(3)13(19)16-12)7-6-11-15-10(4)21-17-11/h8-9,12H,5-7H2,1-4H3,(H,16,19). The number of rotatable bonds is 5. The van der Waals surface area contributed by atoms with E-state index in [2.05, 4.69) is 15.5 Å². The molecule has 116 valence electrons. The molecule has 1 N–H and O–H groups in total. The molecule has 0 bridgehead atoms. The van der Waals surface area contributed by atoms with Crippen molar-refractivity contribution in [1.29, 1.82) is 0 Å². The van der Waals surface area contributed by atoms with Crippen molar-refractivity contribution in [3.8, 4) is 0 Å². The van der Waals surface area contributed by atoms with E-state index >= 15 is 0 Å². The number of hydrogen-bond acceptors (Lipinski definition) is 5. The van der Waals surface area contributed by atoms with Crippen LogP contribution in [0.1, 0.15) is 38.9 Å². The van der Waals surface area contributed by atoms with Crippen LogP contribution in [0.3, 0.4) is 0 Å². The van der Waals surface area contributed by atoms with Crippen molar-refractivity contribution in [2.45, 2.75) is 52.6 Å². The lowest BCUT2D eigenvalue weighted by Crippen LogP contribution is -2.64. The van der Waals surface area contributed by atoms with Crippen LogP contribution < -0.4 is 5.32 Å². The van der Waals surface area contributed by atoms with Crippen molar-refractivity contribution in [1.82, 2.24) is 20.4 Å². The molecule has 2 rings (SSSR count). The van der Waals surface area contributed by atoms with Crippen molar-refractivity contribution >= 4 is 11.8 Å². The number of aryl methyl sites for hydroxylation is 1. The predicted molar refractivity (Wildman–Crippen MR) is 75.3 cm³/mol. The Hall–Kier alpha value is -1.92. The van der Waals surface area contributed by atoms with Crippen molar-refractivity contribution in [3.63, 3.8) is 0 Å². The number of hydrogen-bond donors (Lipinski definition) is 1. The summed E-state index contributed by atoms with van der Waals surface area (Å²) in [5.74, 6) is 1.03.